The van der Waals surface area contributed by atoms with Gasteiger partial charge in [-0.2, -0.15) is 0 Å². The van der Waals surface area contributed by atoms with Gasteiger partial charge < -0.3 is 20.1 Å². The highest BCUT2D eigenvalue weighted by Crippen LogP contribution is 2.22. The molecule has 2 aromatic carbocycles. The minimum absolute atomic E-state index is 0.0258. The molecule has 2 aromatic rings. The lowest BCUT2D eigenvalue weighted by molar-refractivity contribution is -0.170. The molecule has 0 fully saturated rings. The number of aryl methyl sites for hydroxylation is 2. The van der Waals surface area contributed by atoms with Crippen molar-refractivity contribution in [3.8, 4) is 5.75 Å². The molecule has 33 heavy (non-hydrogen) atoms. The van der Waals surface area contributed by atoms with Crippen LogP contribution in [0.5, 0.6) is 5.75 Å². The van der Waals surface area contributed by atoms with Gasteiger partial charge in [-0.3, -0.25) is 4.79 Å². The van der Waals surface area contributed by atoms with Crippen molar-refractivity contribution < 1.29 is 19.1 Å². The smallest absolute Gasteiger partial charge is 0.350 e. The van der Waals surface area contributed by atoms with Crippen LogP contribution in [-0.2, 0) is 20.9 Å². The molecule has 0 aliphatic heterocycles. The lowest BCUT2D eigenvalue weighted by Gasteiger charge is -2.29. The van der Waals surface area contributed by atoms with E-state index in [1.807, 2.05) is 71.0 Å². The highest BCUT2D eigenvalue weighted by atomic mass is 16.6. The quantitative estimate of drug-likeness (QED) is 0.376. The molecule has 0 aliphatic rings. The third-order valence-electron chi connectivity index (χ3n) is 4.93. The topological polar surface area (TPSA) is 76.7 Å². The molecule has 0 atom stereocenters. The third kappa shape index (κ3) is 9.26. The Morgan fingerprint density at radius 1 is 0.939 bits per heavy atom. The van der Waals surface area contributed by atoms with E-state index in [1.165, 1.54) is 5.56 Å². The van der Waals surface area contributed by atoms with E-state index in [2.05, 4.69) is 16.7 Å². The zero-order valence-corrected chi connectivity index (χ0v) is 21.0. The molecule has 0 aromatic heterocycles. The van der Waals surface area contributed by atoms with E-state index >= 15 is 0 Å². The average Bonchev–Trinajstić information content (AvgIpc) is 2.69. The van der Waals surface area contributed by atoms with Crippen molar-refractivity contribution in [2.24, 2.45) is 0 Å². The standard InChI is InChI=1S/C27H38N2O4/c1-19-10-15-23(20(2)17-19)29-24(30)9-8-16-28-18-21-11-13-22(14-12-21)32-27(6,7)25(31)33-26(3,4)5/h10-15,17,28H,8-9,16,18H2,1-7H3,(H,29,30). The van der Waals surface area contributed by atoms with Crippen LogP contribution in [0.15, 0.2) is 42.5 Å². The molecule has 0 spiro atoms. The van der Waals surface area contributed by atoms with E-state index in [4.69, 9.17) is 9.47 Å². The first-order chi connectivity index (χ1) is 15.4. The van der Waals surface area contributed by atoms with Crippen molar-refractivity contribution in [1.82, 2.24) is 5.32 Å². The van der Waals surface area contributed by atoms with Gasteiger partial charge in [0.05, 0.1) is 0 Å². The normalized spacial score (nSPS) is 11.7. The van der Waals surface area contributed by atoms with Gasteiger partial charge in [0.2, 0.25) is 5.91 Å². The number of hydrogen-bond acceptors (Lipinski definition) is 5. The van der Waals surface area contributed by atoms with Crippen molar-refractivity contribution >= 4 is 17.6 Å². The fourth-order valence-corrected chi connectivity index (χ4v) is 3.19. The Balaban J connectivity index is 1.71. The van der Waals surface area contributed by atoms with Crippen molar-refractivity contribution in [2.75, 3.05) is 11.9 Å². The average molecular weight is 455 g/mol. The van der Waals surface area contributed by atoms with Crippen molar-refractivity contribution in [3.05, 3.63) is 59.2 Å². The molecule has 0 bridgehead atoms. The van der Waals surface area contributed by atoms with Crippen LogP contribution in [-0.4, -0.2) is 29.6 Å². The maximum Gasteiger partial charge on any atom is 0.350 e. The third-order valence-corrected chi connectivity index (χ3v) is 4.93. The van der Waals surface area contributed by atoms with Crippen molar-refractivity contribution in [1.29, 1.82) is 0 Å². The summed E-state index contributed by atoms with van der Waals surface area (Å²) >= 11 is 0. The monoisotopic (exact) mass is 454 g/mol. The molecular formula is C27H38N2O4. The van der Waals surface area contributed by atoms with Gasteiger partial charge in [-0.1, -0.05) is 29.8 Å². The molecular weight excluding hydrogens is 416 g/mol. The maximum atomic E-state index is 12.3. The minimum atomic E-state index is -1.08. The summed E-state index contributed by atoms with van der Waals surface area (Å²) in [5, 5.41) is 6.33. The number of ether oxygens (including phenoxy) is 2. The van der Waals surface area contributed by atoms with E-state index in [0.29, 0.717) is 18.7 Å². The second-order valence-electron chi connectivity index (χ2n) is 9.91. The summed E-state index contributed by atoms with van der Waals surface area (Å²) in [4.78, 5) is 24.5. The molecule has 0 radical (unpaired) electrons. The van der Waals surface area contributed by atoms with E-state index in [0.717, 1.165) is 29.8 Å². The Hall–Kier alpha value is -2.86. The fraction of sp³-hybridized carbons (Fsp3) is 0.481. The lowest BCUT2D eigenvalue weighted by Crippen LogP contribution is -2.43. The number of hydrogen-bond donors (Lipinski definition) is 2. The highest BCUT2D eigenvalue weighted by Gasteiger charge is 2.34. The van der Waals surface area contributed by atoms with Crippen LogP contribution in [0.3, 0.4) is 0 Å². The van der Waals surface area contributed by atoms with E-state index in [-0.39, 0.29) is 5.91 Å². The predicted octanol–water partition coefficient (Wildman–Crippen LogP) is 5.31. The molecule has 0 unspecified atom stereocenters. The Morgan fingerprint density at radius 3 is 2.21 bits per heavy atom. The maximum absolute atomic E-state index is 12.3. The van der Waals surface area contributed by atoms with Gasteiger partial charge in [-0.25, -0.2) is 4.79 Å². The van der Waals surface area contributed by atoms with Gasteiger partial charge >= 0.3 is 5.97 Å². The van der Waals surface area contributed by atoms with Gasteiger partial charge in [0.25, 0.3) is 0 Å². The summed E-state index contributed by atoms with van der Waals surface area (Å²) in [5.74, 6) is 0.234. The van der Waals surface area contributed by atoms with E-state index in [9.17, 15) is 9.59 Å². The molecule has 6 nitrogen and oxygen atoms in total. The fourth-order valence-electron chi connectivity index (χ4n) is 3.19. The first kappa shape index (κ1) is 26.4. The van der Waals surface area contributed by atoms with Gasteiger partial charge in [0.1, 0.15) is 11.4 Å². The van der Waals surface area contributed by atoms with Crippen molar-refractivity contribution in [2.45, 2.75) is 79.1 Å². The summed E-state index contributed by atoms with van der Waals surface area (Å²) in [7, 11) is 0. The Labute approximate surface area is 198 Å². The molecule has 0 heterocycles. The van der Waals surface area contributed by atoms with Crippen LogP contribution >= 0.6 is 0 Å². The highest BCUT2D eigenvalue weighted by molar-refractivity contribution is 5.91. The first-order valence-corrected chi connectivity index (χ1v) is 11.4. The van der Waals surface area contributed by atoms with Gasteiger partial charge in [0.15, 0.2) is 5.60 Å². The molecule has 180 valence electrons. The summed E-state index contributed by atoms with van der Waals surface area (Å²) in [6.45, 7) is 14.4. The lowest BCUT2D eigenvalue weighted by atomic mass is 10.1. The first-order valence-electron chi connectivity index (χ1n) is 11.4. The zero-order valence-electron chi connectivity index (χ0n) is 21.0. The number of anilines is 1. The molecule has 2 N–H and O–H groups in total. The summed E-state index contributed by atoms with van der Waals surface area (Å²) in [6, 6.07) is 13.6. The SMILES string of the molecule is Cc1ccc(NC(=O)CCCNCc2ccc(OC(C)(C)C(=O)OC(C)(C)C)cc2)c(C)c1. The van der Waals surface area contributed by atoms with Crippen LogP contribution in [0.25, 0.3) is 0 Å². The van der Waals surface area contributed by atoms with Gasteiger partial charge in [-0.05, 0) is 90.8 Å². The minimum Gasteiger partial charge on any atom is -0.476 e. The molecule has 2 rings (SSSR count). The summed E-state index contributed by atoms with van der Waals surface area (Å²) < 4.78 is 11.3. The number of amides is 1. The Bertz CT molecular complexity index is 944. The van der Waals surface area contributed by atoms with Crippen molar-refractivity contribution in [3.63, 3.8) is 0 Å². The second-order valence-corrected chi connectivity index (χ2v) is 9.91. The van der Waals surface area contributed by atoms with Crippen LogP contribution in [0.1, 0.15) is 64.2 Å². The number of rotatable bonds is 10. The van der Waals surface area contributed by atoms with E-state index < -0.39 is 17.2 Å². The van der Waals surface area contributed by atoms with Crippen LogP contribution in [0, 0.1) is 13.8 Å². The number of carbonyl (C=O) groups is 2. The summed E-state index contributed by atoms with van der Waals surface area (Å²) in [6.07, 6.45) is 1.22. The second kappa shape index (κ2) is 11.3. The van der Waals surface area contributed by atoms with Crippen LogP contribution < -0.4 is 15.4 Å². The van der Waals surface area contributed by atoms with Gasteiger partial charge in [0, 0.05) is 18.7 Å². The van der Waals surface area contributed by atoms with Crippen LogP contribution in [0.4, 0.5) is 5.69 Å². The number of carbonyl (C=O) groups excluding carboxylic acids is 2. The Morgan fingerprint density at radius 2 is 1.61 bits per heavy atom. The number of benzene rings is 2. The molecule has 6 heteroatoms. The van der Waals surface area contributed by atoms with Crippen LogP contribution in [0.2, 0.25) is 0 Å². The predicted molar refractivity (Wildman–Crippen MR) is 132 cm³/mol. The molecule has 0 aliphatic carbocycles. The van der Waals surface area contributed by atoms with E-state index in [1.54, 1.807) is 13.8 Å². The largest absolute Gasteiger partial charge is 0.476 e. The van der Waals surface area contributed by atoms with Gasteiger partial charge in [-0.15, -0.1) is 0 Å². The number of nitrogens with one attached hydrogen (secondary N) is 2. The molecule has 1 amide bonds. The molecule has 0 saturated heterocycles. The zero-order chi connectivity index (χ0) is 24.6. The summed E-state index contributed by atoms with van der Waals surface area (Å²) in [5.41, 5.74) is 2.58. The molecule has 0 saturated carbocycles. The number of esters is 1. The Kier molecular flexibility index (Phi) is 9.06.